The third-order valence-corrected chi connectivity index (χ3v) is 3.39. The molecular weight excluding hydrogens is 276 g/mol. The Morgan fingerprint density at radius 3 is 2.70 bits per heavy atom. The molecule has 5 nitrogen and oxygen atoms in total. The molecule has 2 N–H and O–H groups in total. The molecule has 0 unspecified atom stereocenters. The summed E-state index contributed by atoms with van der Waals surface area (Å²) in [6, 6.07) is 2.08. The summed E-state index contributed by atoms with van der Waals surface area (Å²) in [6.07, 6.45) is 2.15. The van der Waals surface area contributed by atoms with Gasteiger partial charge in [-0.2, -0.15) is 5.10 Å². The summed E-state index contributed by atoms with van der Waals surface area (Å²) < 4.78 is 1.90. The highest BCUT2D eigenvalue weighted by molar-refractivity contribution is 5.92. The van der Waals surface area contributed by atoms with Gasteiger partial charge in [-0.15, -0.1) is 12.4 Å². The van der Waals surface area contributed by atoms with Gasteiger partial charge in [0.2, 0.25) is 0 Å². The number of aryl methyl sites for hydroxylation is 1. The third kappa shape index (κ3) is 3.96. The van der Waals surface area contributed by atoms with Crippen LogP contribution in [0.15, 0.2) is 6.07 Å². The Bertz CT molecular complexity index is 458. The molecule has 1 saturated heterocycles. The van der Waals surface area contributed by atoms with Gasteiger partial charge >= 0.3 is 0 Å². The number of carbonyl (C=O) groups excluding carboxylic acids is 1. The molecule has 6 heteroatoms. The first-order valence-electron chi connectivity index (χ1n) is 6.96. The molecule has 0 radical (unpaired) electrons. The lowest BCUT2D eigenvalue weighted by atomic mass is 10.1. The first kappa shape index (κ1) is 17.0. The second-order valence-electron chi connectivity index (χ2n) is 6.27. The first-order chi connectivity index (χ1) is 8.88. The Hall–Kier alpha value is -1.07. The Labute approximate surface area is 126 Å². The maximum atomic E-state index is 12.2. The zero-order valence-electron chi connectivity index (χ0n) is 12.7. The van der Waals surface area contributed by atoms with Crippen molar-refractivity contribution in [1.29, 1.82) is 0 Å². The number of nitrogens with one attached hydrogen (secondary N) is 2. The van der Waals surface area contributed by atoms with Crippen LogP contribution in [0.1, 0.15) is 49.8 Å². The Kier molecular flexibility index (Phi) is 5.59. The number of hydrogen-bond donors (Lipinski definition) is 2. The number of hydrogen-bond acceptors (Lipinski definition) is 3. The zero-order valence-corrected chi connectivity index (χ0v) is 13.5. The van der Waals surface area contributed by atoms with E-state index in [1.807, 2.05) is 17.7 Å². The van der Waals surface area contributed by atoms with Crippen LogP contribution < -0.4 is 10.6 Å². The Morgan fingerprint density at radius 2 is 2.20 bits per heavy atom. The topological polar surface area (TPSA) is 59.0 Å². The third-order valence-electron chi connectivity index (χ3n) is 3.39. The highest BCUT2D eigenvalue weighted by Crippen LogP contribution is 2.16. The maximum absolute atomic E-state index is 12.2. The van der Waals surface area contributed by atoms with Crippen molar-refractivity contribution in [2.75, 3.05) is 13.1 Å². The average molecular weight is 301 g/mol. The van der Waals surface area contributed by atoms with E-state index in [9.17, 15) is 4.79 Å². The second kappa shape index (κ2) is 6.59. The summed E-state index contributed by atoms with van der Waals surface area (Å²) in [5.74, 6) is -0.0696. The van der Waals surface area contributed by atoms with Crippen LogP contribution in [0.3, 0.4) is 0 Å². The molecule has 1 fully saturated rings. The molecule has 20 heavy (non-hydrogen) atoms. The van der Waals surface area contributed by atoms with Crippen LogP contribution in [-0.4, -0.2) is 34.8 Å². The van der Waals surface area contributed by atoms with Crippen LogP contribution in [-0.2, 0) is 5.54 Å². The number of aromatic nitrogens is 2. The van der Waals surface area contributed by atoms with Crippen molar-refractivity contribution in [2.45, 2.75) is 52.1 Å². The molecule has 114 valence electrons. The van der Waals surface area contributed by atoms with E-state index in [4.69, 9.17) is 0 Å². The quantitative estimate of drug-likeness (QED) is 0.876. The summed E-state index contributed by atoms with van der Waals surface area (Å²) >= 11 is 0. The Balaban J connectivity index is 0.00000200. The van der Waals surface area contributed by atoms with Crippen LogP contribution in [0.5, 0.6) is 0 Å². The Morgan fingerprint density at radius 1 is 1.50 bits per heavy atom. The van der Waals surface area contributed by atoms with Crippen molar-refractivity contribution < 1.29 is 4.79 Å². The summed E-state index contributed by atoms with van der Waals surface area (Å²) in [5, 5.41) is 10.8. The van der Waals surface area contributed by atoms with Crippen molar-refractivity contribution >= 4 is 18.3 Å². The van der Waals surface area contributed by atoms with E-state index in [1.165, 1.54) is 0 Å². The highest BCUT2D eigenvalue weighted by atomic mass is 35.5. The molecular formula is C14H25ClN4O. The van der Waals surface area contributed by atoms with Gasteiger partial charge in [0.05, 0.1) is 5.54 Å². The van der Waals surface area contributed by atoms with Gasteiger partial charge in [0.1, 0.15) is 5.69 Å². The van der Waals surface area contributed by atoms with E-state index >= 15 is 0 Å². The summed E-state index contributed by atoms with van der Waals surface area (Å²) in [7, 11) is 0. The van der Waals surface area contributed by atoms with Crippen molar-refractivity contribution in [3.63, 3.8) is 0 Å². The van der Waals surface area contributed by atoms with Crippen LogP contribution in [0.4, 0.5) is 0 Å². The number of amides is 1. The van der Waals surface area contributed by atoms with Gasteiger partial charge in [-0.05, 0) is 53.1 Å². The van der Waals surface area contributed by atoms with Crippen LogP contribution in [0.25, 0.3) is 0 Å². The maximum Gasteiger partial charge on any atom is 0.272 e. The van der Waals surface area contributed by atoms with E-state index in [1.54, 1.807) is 0 Å². The molecule has 1 atom stereocenters. The first-order valence-corrected chi connectivity index (χ1v) is 6.96. The van der Waals surface area contributed by atoms with Crippen LogP contribution in [0, 0.1) is 6.92 Å². The molecule has 1 amide bonds. The lowest BCUT2D eigenvalue weighted by Gasteiger charge is -2.23. The van der Waals surface area contributed by atoms with Gasteiger partial charge in [-0.3, -0.25) is 9.48 Å². The average Bonchev–Trinajstić information content (AvgIpc) is 2.72. The van der Waals surface area contributed by atoms with E-state index in [0.717, 1.165) is 31.6 Å². The van der Waals surface area contributed by atoms with Gasteiger partial charge in [0.25, 0.3) is 5.91 Å². The predicted molar refractivity (Wildman–Crippen MR) is 82.6 cm³/mol. The lowest BCUT2D eigenvalue weighted by molar-refractivity contribution is 0.0924. The molecule has 1 aliphatic rings. The summed E-state index contributed by atoms with van der Waals surface area (Å²) in [6.45, 7) is 10.1. The summed E-state index contributed by atoms with van der Waals surface area (Å²) in [5.41, 5.74) is 1.42. The van der Waals surface area contributed by atoms with E-state index in [-0.39, 0.29) is 29.9 Å². The minimum atomic E-state index is -0.102. The van der Waals surface area contributed by atoms with E-state index in [0.29, 0.717) is 5.69 Å². The fraction of sp³-hybridized carbons (Fsp3) is 0.714. The predicted octanol–water partition coefficient (Wildman–Crippen LogP) is 1.85. The number of piperidine rings is 1. The van der Waals surface area contributed by atoms with Gasteiger partial charge in [0, 0.05) is 18.3 Å². The van der Waals surface area contributed by atoms with Gasteiger partial charge < -0.3 is 10.6 Å². The van der Waals surface area contributed by atoms with Crippen molar-refractivity contribution in [1.82, 2.24) is 20.4 Å². The highest BCUT2D eigenvalue weighted by Gasteiger charge is 2.22. The van der Waals surface area contributed by atoms with Crippen LogP contribution >= 0.6 is 12.4 Å². The fourth-order valence-electron chi connectivity index (χ4n) is 2.50. The number of rotatable bonds is 2. The largest absolute Gasteiger partial charge is 0.347 e. The monoisotopic (exact) mass is 300 g/mol. The van der Waals surface area contributed by atoms with Crippen molar-refractivity contribution in [3.05, 3.63) is 17.5 Å². The van der Waals surface area contributed by atoms with Gasteiger partial charge in [0.15, 0.2) is 0 Å². The number of halogens is 1. The minimum absolute atomic E-state index is 0. The molecule has 1 aromatic rings. The molecule has 0 bridgehead atoms. The molecule has 2 heterocycles. The standard InChI is InChI=1S/C14H24N4O.ClH/c1-10-8-12(17-18(10)14(2,3)4)13(19)16-11-6-5-7-15-9-11;/h8,11,15H,5-7,9H2,1-4H3,(H,16,19);1H/t11-;/m0./s1. The smallest absolute Gasteiger partial charge is 0.272 e. The van der Waals surface area contributed by atoms with E-state index < -0.39 is 0 Å². The molecule has 2 rings (SSSR count). The molecule has 0 spiro atoms. The molecule has 0 aliphatic carbocycles. The van der Waals surface area contributed by atoms with Crippen molar-refractivity contribution in [2.24, 2.45) is 0 Å². The second-order valence-corrected chi connectivity index (χ2v) is 6.27. The number of carbonyl (C=O) groups is 1. The lowest BCUT2D eigenvalue weighted by Crippen LogP contribution is -2.45. The minimum Gasteiger partial charge on any atom is -0.347 e. The molecule has 1 aromatic heterocycles. The van der Waals surface area contributed by atoms with Crippen LogP contribution in [0.2, 0.25) is 0 Å². The SMILES string of the molecule is Cc1cc(C(=O)N[C@H]2CCCNC2)nn1C(C)(C)C.Cl. The molecule has 0 aromatic carbocycles. The fourth-order valence-corrected chi connectivity index (χ4v) is 2.50. The number of nitrogens with zero attached hydrogens (tertiary/aromatic N) is 2. The molecule has 0 saturated carbocycles. The normalized spacial score (nSPS) is 19.3. The summed E-state index contributed by atoms with van der Waals surface area (Å²) in [4.78, 5) is 12.2. The van der Waals surface area contributed by atoms with Gasteiger partial charge in [-0.1, -0.05) is 0 Å². The van der Waals surface area contributed by atoms with E-state index in [2.05, 4.69) is 36.5 Å². The zero-order chi connectivity index (χ0) is 14.0. The van der Waals surface area contributed by atoms with Crippen molar-refractivity contribution in [3.8, 4) is 0 Å². The van der Waals surface area contributed by atoms with Gasteiger partial charge in [-0.25, -0.2) is 0 Å². The molecule has 1 aliphatic heterocycles.